The average molecular weight is 202 g/mol. The molecule has 3 heteroatoms. The van der Waals surface area contributed by atoms with Crippen molar-refractivity contribution < 1.29 is 4.79 Å². The molecule has 1 aliphatic rings. The van der Waals surface area contributed by atoms with E-state index in [9.17, 15) is 4.79 Å². The first-order valence-electron chi connectivity index (χ1n) is 5.17. The molecule has 0 amide bonds. The summed E-state index contributed by atoms with van der Waals surface area (Å²) in [5.41, 5.74) is 1.22. The Morgan fingerprint density at radius 2 is 2.13 bits per heavy atom. The van der Waals surface area contributed by atoms with Gasteiger partial charge in [-0.3, -0.25) is 9.78 Å². The number of Topliss-reactive ketones (excluding diaryl/α,β-unsaturated/α-hetero) is 1. The van der Waals surface area contributed by atoms with Crippen molar-refractivity contribution in [1.29, 1.82) is 0 Å². The van der Waals surface area contributed by atoms with Crippen LogP contribution in [0.3, 0.4) is 0 Å². The second-order valence-electron chi connectivity index (χ2n) is 3.71. The number of pyridine rings is 1. The molecular weight excluding hydrogens is 188 g/mol. The van der Waals surface area contributed by atoms with Crippen LogP contribution in [-0.2, 0) is 0 Å². The summed E-state index contributed by atoms with van der Waals surface area (Å²) in [5.74, 6) is -0.00926. The van der Waals surface area contributed by atoms with E-state index in [1.165, 1.54) is 0 Å². The van der Waals surface area contributed by atoms with E-state index < -0.39 is 0 Å². The Morgan fingerprint density at radius 3 is 2.73 bits per heavy atom. The van der Waals surface area contributed by atoms with Gasteiger partial charge in [-0.1, -0.05) is 6.58 Å². The van der Waals surface area contributed by atoms with Crippen molar-refractivity contribution in [3.63, 3.8) is 0 Å². The van der Waals surface area contributed by atoms with Gasteiger partial charge in [-0.05, 0) is 25.0 Å². The Kier molecular flexibility index (Phi) is 2.81. The molecule has 0 saturated carbocycles. The molecule has 0 N–H and O–H groups in total. The molecule has 1 fully saturated rings. The highest BCUT2D eigenvalue weighted by Crippen LogP contribution is 2.16. The van der Waals surface area contributed by atoms with Gasteiger partial charge in [0.1, 0.15) is 0 Å². The standard InChI is InChI=1S/C12H14N2O/c1-10(14-7-2-3-8-14)12(15)11-5-4-6-13-9-11/h4-6,9H,1-3,7-8H2. The quantitative estimate of drug-likeness (QED) is 0.554. The van der Waals surface area contributed by atoms with Crippen molar-refractivity contribution in [1.82, 2.24) is 9.88 Å². The molecule has 3 nitrogen and oxygen atoms in total. The number of allylic oxidation sites excluding steroid dienone is 1. The first-order valence-corrected chi connectivity index (χ1v) is 5.17. The number of hydrogen-bond donors (Lipinski definition) is 0. The van der Waals surface area contributed by atoms with Crippen LogP contribution < -0.4 is 0 Å². The predicted octanol–water partition coefficient (Wildman–Crippen LogP) is 1.87. The molecule has 2 rings (SSSR count). The molecule has 0 aliphatic carbocycles. The lowest BCUT2D eigenvalue weighted by atomic mass is 10.1. The van der Waals surface area contributed by atoms with Gasteiger partial charge in [-0.15, -0.1) is 0 Å². The number of rotatable bonds is 3. The van der Waals surface area contributed by atoms with Crippen molar-refractivity contribution in [2.45, 2.75) is 12.8 Å². The smallest absolute Gasteiger partial charge is 0.209 e. The third-order valence-electron chi connectivity index (χ3n) is 2.67. The van der Waals surface area contributed by atoms with Gasteiger partial charge < -0.3 is 4.90 Å². The molecule has 2 heterocycles. The summed E-state index contributed by atoms with van der Waals surface area (Å²) < 4.78 is 0. The molecule has 0 radical (unpaired) electrons. The minimum absolute atomic E-state index is 0.00926. The fourth-order valence-corrected chi connectivity index (χ4v) is 1.79. The first-order chi connectivity index (χ1) is 7.29. The Bertz CT molecular complexity index is 366. The van der Waals surface area contributed by atoms with Crippen molar-refractivity contribution in [3.05, 3.63) is 42.4 Å². The molecule has 0 spiro atoms. The zero-order valence-electron chi connectivity index (χ0n) is 8.65. The van der Waals surface area contributed by atoms with Crippen LogP contribution in [0.2, 0.25) is 0 Å². The van der Waals surface area contributed by atoms with Gasteiger partial charge in [-0.25, -0.2) is 0 Å². The summed E-state index contributed by atoms with van der Waals surface area (Å²) in [5, 5.41) is 0. The van der Waals surface area contributed by atoms with Crippen LogP contribution in [0.1, 0.15) is 23.2 Å². The van der Waals surface area contributed by atoms with E-state index in [-0.39, 0.29) is 5.78 Å². The molecule has 1 aliphatic heterocycles. The second kappa shape index (κ2) is 4.26. The fourth-order valence-electron chi connectivity index (χ4n) is 1.79. The molecule has 1 aromatic rings. The molecule has 0 aromatic carbocycles. The molecule has 0 bridgehead atoms. The predicted molar refractivity (Wildman–Crippen MR) is 58.5 cm³/mol. The normalized spacial score (nSPS) is 15.3. The summed E-state index contributed by atoms with van der Waals surface area (Å²) in [4.78, 5) is 17.9. The number of likely N-dealkylation sites (tertiary alicyclic amines) is 1. The van der Waals surface area contributed by atoms with Crippen LogP contribution in [0.4, 0.5) is 0 Å². The summed E-state index contributed by atoms with van der Waals surface area (Å²) >= 11 is 0. The van der Waals surface area contributed by atoms with Gasteiger partial charge in [0.2, 0.25) is 5.78 Å². The van der Waals surface area contributed by atoms with E-state index in [1.807, 2.05) is 0 Å². The Balaban J connectivity index is 2.11. The molecule has 1 aromatic heterocycles. The number of ketones is 1. The van der Waals surface area contributed by atoms with Crippen LogP contribution in [0, 0.1) is 0 Å². The largest absolute Gasteiger partial charge is 0.369 e. The highest BCUT2D eigenvalue weighted by molar-refractivity contribution is 6.07. The summed E-state index contributed by atoms with van der Waals surface area (Å²) in [7, 11) is 0. The average Bonchev–Trinajstić information content (AvgIpc) is 2.82. The fraction of sp³-hybridized carbons (Fsp3) is 0.333. The molecule has 78 valence electrons. The summed E-state index contributed by atoms with van der Waals surface area (Å²) in [6.45, 7) is 5.76. The van der Waals surface area contributed by atoms with Crippen molar-refractivity contribution in [2.24, 2.45) is 0 Å². The maximum Gasteiger partial charge on any atom is 0.209 e. The first kappa shape index (κ1) is 9.90. The maximum atomic E-state index is 12.0. The minimum Gasteiger partial charge on any atom is -0.369 e. The topological polar surface area (TPSA) is 33.2 Å². The number of carbonyl (C=O) groups is 1. The number of aromatic nitrogens is 1. The van der Waals surface area contributed by atoms with Crippen LogP contribution >= 0.6 is 0 Å². The lowest BCUT2D eigenvalue weighted by molar-refractivity contribution is 0.0998. The highest BCUT2D eigenvalue weighted by atomic mass is 16.1. The van der Waals surface area contributed by atoms with Gasteiger partial charge in [0, 0.05) is 31.0 Å². The van der Waals surface area contributed by atoms with Crippen molar-refractivity contribution in [2.75, 3.05) is 13.1 Å². The number of hydrogen-bond acceptors (Lipinski definition) is 3. The van der Waals surface area contributed by atoms with Gasteiger partial charge in [0.15, 0.2) is 0 Å². The van der Waals surface area contributed by atoms with Gasteiger partial charge in [0.05, 0.1) is 5.70 Å². The third kappa shape index (κ3) is 2.06. The second-order valence-corrected chi connectivity index (χ2v) is 3.71. The molecule has 0 unspecified atom stereocenters. The van der Waals surface area contributed by atoms with Gasteiger partial charge in [-0.2, -0.15) is 0 Å². The van der Waals surface area contributed by atoms with E-state index in [2.05, 4.69) is 16.5 Å². The molecular formula is C12H14N2O. The van der Waals surface area contributed by atoms with Gasteiger partial charge in [0.25, 0.3) is 0 Å². The summed E-state index contributed by atoms with van der Waals surface area (Å²) in [6.07, 6.45) is 5.55. The van der Waals surface area contributed by atoms with E-state index >= 15 is 0 Å². The number of carbonyl (C=O) groups excluding carboxylic acids is 1. The molecule has 0 atom stereocenters. The SMILES string of the molecule is C=C(C(=O)c1cccnc1)N1CCCC1. The van der Waals surface area contributed by atoms with Gasteiger partial charge >= 0.3 is 0 Å². The van der Waals surface area contributed by atoms with E-state index in [0.717, 1.165) is 25.9 Å². The Labute approximate surface area is 89.4 Å². The monoisotopic (exact) mass is 202 g/mol. The maximum absolute atomic E-state index is 12.0. The summed E-state index contributed by atoms with van der Waals surface area (Å²) in [6, 6.07) is 3.54. The minimum atomic E-state index is -0.00926. The van der Waals surface area contributed by atoms with E-state index in [4.69, 9.17) is 0 Å². The zero-order valence-corrected chi connectivity index (χ0v) is 8.65. The third-order valence-corrected chi connectivity index (χ3v) is 2.67. The van der Waals surface area contributed by atoms with Crippen LogP contribution in [0.5, 0.6) is 0 Å². The zero-order chi connectivity index (χ0) is 10.7. The molecule has 15 heavy (non-hydrogen) atoms. The van der Waals surface area contributed by atoms with Crippen molar-refractivity contribution in [3.8, 4) is 0 Å². The highest BCUT2D eigenvalue weighted by Gasteiger charge is 2.19. The van der Waals surface area contributed by atoms with Crippen LogP contribution in [0.25, 0.3) is 0 Å². The lowest BCUT2D eigenvalue weighted by Crippen LogP contribution is -2.23. The van der Waals surface area contributed by atoms with E-state index in [0.29, 0.717) is 11.3 Å². The Morgan fingerprint density at radius 1 is 1.40 bits per heavy atom. The van der Waals surface area contributed by atoms with Crippen LogP contribution in [0.15, 0.2) is 36.8 Å². The lowest BCUT2D eigenvalue weighted by Gasteiger charge is -2.18. The number of nitrogens with zero attached hydrogens (tertiary/aromatic N) is 2. The Hall–Kier alpha value is -1.64. The van der Waals surface area contributed by atoms with E-state index in [1.54, 1.807) is 24.5 Å². The van der Waals surface area contributed by atoms with Crippen LogP contribution in [-0.4, -0.2) is 28.8 Å². The molecule has 1 saturated heterocycles. The van der Waals surface area contributed by atoms with Crippen molar-refractivity contribution >= 4 is 5.78 Å².